The molecule has 1 aliphatic rings. The molecule has 4 rings (SSSR count). The SMILES string of the molecule is NC(=O)C1=C(N)Nc2nc(=S)[nH]c(N)c2C1c1coc2ccccc2c1=O. The van der Waals surface area contributed by atoms with Crippen molar-refractivity contribution in [1.82, 2.24) is 9.97 Å². The van der Waals surface area contributed by atoms with Gasteiger partial charge in [0.2, 0.25) is 5.91 Å². The lowest BCUT2D eigenvalue weighted by atomic mass is 9.83. The van der Waals surface area contributed by atoms with Crippen molar-refractivity contribution in [3.8, 4) is 0 Å². The molecule has 0 bridgehead atoms. The first-order chi connectivity index (χ1) is 12.9. The summed E-state index contributed by atoms with van der Waals surface area (Å²) < 4.78 is 5.71. The molecule has 3 aromatic rings. The molecule has 0 spiro atoms. The molecule has 27 heavy (non-hydrogen) atoms. The van der Waals surface area contributed by atoms with Gasteiger partial charge in [-0.25, -0.2) is 4.98 Å². The lowest BCUT2D eigenvalue weighted by molar-refractivity contribution is -0.114. The van der Waals surface area contributed by atoms with Crippen molar-refractivity contribution in [3.63, 3.8) is 0 Å². The molecule has 0 aliphatic carbocycles. The largest absolute Gasteiger partial charge is 0.464 e. The number of hydrogen-bond acceptors (Lipinski definition) is 8. The van der Waals surface area contributed by atoms with Crippen LogP contribution in [0.25, 0.3) is 11.0 Å². The molecule has 136 valence electrons. The highest BCUT2D eigenvalue weighted by molar-refractivity contribution is 7.71. The minimum Gasteiger partial charge on any atom is -0.464 e. The highest BCUT2D eigenvalue weighted by Crippen LogP contribution is 2.41. The van der Waals surface area contributed by atoms with E-state index >= 15 is 0 Å². The fraction of sp³-hybridized carbons (Fsp3) is 0.0588. The van der Waals surface area contributed by atoms with Gasteiger partial charge >= 0.3 is 0 Å². The van der Waals surface area contributed by atoms with Crippen molar-refractivity contribution in [3.05, 3.63) is 68.0 Å². The smallest absolute Gasteiger partial charge is 0.249 e. The lowest BCUT2D eigenvalue weighted by Crippen LogP contribution is -2.34. The minimum atomic E-state index is -0.959. The van der Waals surface area contributed by atoms with Crippen molar-refractivity contribution in [2.75, 3.05) is 11.1 Å². The summed E-state index contributed by atoms with van der Waals surface area (Å²) in [4.78, 5) is 32.1. The van der Waals surface area contributed by atoms with Crippen molar-refractivity contribution in [1.29, 1.82) is 0 Å². The second-order valence-corrected chi connectivity index (χ2v) is 6.37. The number of aromatic nitrogens is 2. The maximum atomic E-state index is 13.1. The van der Waals surface area contributed by atoms with Gasteiger partial charge in [-0.15, -0.1) is 0 Å². The van der Waals surface area contributed by atoms with E-state index in [2.05, 4.69) is 15.3 Å². The monoisotopic (exact) mass is 382 g/mol. The van der Waals surface area contributed by atoms with Crippen LogP contribution in [0.3, 0.4) is 0 Å². The Bertz CT molecular complexity index is 1260. The minimum absolute atomic E-state index is 0.0101. The Labute approximate surface area is 156 Å². The van der Waals surface area contributed by atoms with E-state index in [1.807, 2.05) is 0 Å². The van der Waals surface area contributed by atoms with Gasteiger partial charge in [0.15, 0.2) is 10.2 Å². The highest BCUT2D eigenvalue weighted by atomic mass is 32.1. The van der Waals surface area contributed by atoms with Crippen LogP contribution in [-0.2, 0) is 4.79 Å². The third-order valence-corrected chi connectivity index (χ3v) is 4.60. The molecule has 10 heteroatoms. The molecule has 0 saturated carbocycles. The molecular weight excluding hydrogens is 368 g/mol. The van der Waals surface area contributed by atoms with Crippen molar-refractivity contribution in [2.45, 2.75) is 5.92 Å². The van der Waals surface area contributed by atoms with Gasteiger partial charge in [-0.3, -0.25) is 9.59 Å². The van der Waals surface area contributed by atoms with Crippen molar-refractivity contribution >= 4 is 40.7 Å². The molecule has 0 fully saturated rings. The molecule has 1 aromatic carbocycles. The molecule has 1 amide bonds. The fourth-order valence-corrected chi connectivity index (χ4v) is 3.46. The van der Waals surface area contributed by atoms with E-state index in [9.17, 15) is 9.59 Å². The number of nitrogens with zero attached hydrogens (tertiary/aromatic N) is 1. The number of rotatable bonds is 2. The first-order valence-electron chi connectivity index (χ1n) is 7.85. The predicted molar refractivity (Wildman–Crippen MR) is 102 cm³/mol. The number of aromatic amines is 1. The predicted octanol–water partition coefficient (Wildman–Crippen LogP) is 1.04. The lowest BCUT2D eigenvalue weighted by Gasteiger charge is -2.28. The number of hydrogen-bond donors (Lipinski definition) is 5. The summed E-state index contributed by atoms with van der Waals surface area (Å²) in [6.07, 6.45) is 1.28. The maximum Gasteiger partial charge on any atom is 0.249 e. The summed E-state index contributed by atoms with van der Waals surface area (Å²) >= 11 is 5.03. The van der Waals surface area contributed by atoms with Gasteiger partial charge < -0.3 is 31.9 Å². The zero-order chi connectivity index (χ0) is 19.3. The number of H-pyrrole nitrogens is 1. The zero-order valence-electron chi connectivity index (χ0n) is 13.8. The number of anilines is 2. The van der Waals surface area contributed by atoms with Gasteiger partial charge in [0.05, 0.1) is 23.1 Å². The standard InChI is InChI=1S/C17H14N6O3S/c18-13-10(15(20)25)9(11-14(19)22-17(27)23-16(11)21-13)7-5-26-8-4-2-1-3-6(8)12(7)24/h1-5,9H,18H2,(H2,20,25)(H4,19,21,22,23,27). The summed E-state index contributed by atoms with van der Waals surface area (Å²) in [5, 5.41) is 3.13. The van der Waals surface area contributed by atoms with Crippen LogP contribution in [-0.4, -0.2) is 15.9 Å². The van der Waals surface area contributed by atoms with Crippen LogP contribution in [0.5, 0.6) is 0 Å². The summed E-state index contributed by atoms with van der Waals surface area (Å²) in [6.45, 7) is 0. The Balaban J connectivity index is 2.09. The van der Waals surface area contributed by atoms with E-state index < -0.39 is 11.8 Å². The number of para-hydroxylation sites is 1. The molecule has 0 saturated heterocycles. The van der Waals surface area contributed by atoms with Crippen LogP contribution in [0.1, 0.15) is 17.0 Å². The van der Waals surface area contributed by atoms with E-state index in [4.69, 9.17) is 33.8 Å². The quantitative estimate of drug-likeness (QED) is 0.410. The number of nitrogens with two attached hydrogens (primary N) is 3. The Hall–Kier alpha value is -3.66. The zero-order valence-corrected chi connectivity index (χ0v) is 14.6. The van der Waals surface area contributed by atoms with Gasteiger partial charge in [-0.05, 0) is 24.4 Å². The van der Waals surface area contributed by atoms with Gasteiger partial charge in [0.1, 0.15) is 23.0 Å². The first-order valence-corrected chi connectivity index (χ1v) is 8.26. The normalized spacial score (nSPS) is 16.1. The second-order valence-electron chi connectivity index (χ2n) is 5.98. The average Bonchev–Trinajstić information content (AvgIpc) is 2.60. The number of carbonyl (C=O) groups is 1. The number of carbonyl (C=O) groups excluding carboxylic acids is 1. The highest BCUT2D eigenvalue weighted by Gasteiger charge is 2.36. The molecule has 3 heterocycles. The maximum absolute atomic E-state index is 13.1. The van der Waals surface area contributed by atoms with E-state index in [-0.39, 0.29) is 38.8 Å². The van der Waals surface area contributed by atoms with E-state index in [1.165, 1.54) is 6.26 Å². The van der Waals surface area contributed by atoms with Gasteiger partial charge in [0.25, 0.3) is 0 Å². The van der Waals surface area contributed by atoms with E-state index in [0.717, 1.165) is 0 Å². The fourth-order valence-electron chi connectivity index (χ4n) is 3.26. The van der Waals surface area contributed by atoms with Crippen LogP contribution >= 0.6 is 12.2 Å². The average molecular weight is 382 g/mol. The van der Waals surface area contributed by atoms with Crippen molar-refractivity contribution in [2.24, 2.45) is 11.5 Å². The van der Waals surface area contributed by atoms with Crippen LogP contribution < -0.4 is 27.9 Å². The van der Waals surface area contributed by atoms with Crippen LogP contribution in [0, 0.1) is 4.77 Å². The topological polar surface area (TPSA) is 166 Å². The van der Waals surface area contributed by atoms with Gasteiger partial charge in [-0.2, -0.15) is 0 Å². The number of fused-ring (bicyclic) bond motifs is 2. The molecule has 8 N–H and O–H groups in total. The summed E-state index contributed by atoms with van der Waals surface area (Å²) in [5.41, 5.74) is 18.2. The van der Waals surface area contributed by atoms with Crippen molar-refractivity contribution < 1.29 is 9.21 Å². The Morgan fingerprint density at radius 3 is 2.74 bits per heavy atom. The van der Waals surface area contributed by atoms with E-state index in [1.54, 1.807) is 24.3 Å². The Kier molecular flexibility index (Phi) is 3.70. The number of nitrogens with one attached hydrogen (secondary N) is 2. The Morgan fingerprint density at radius 1 is 1.26 bits per heavy atom. The number of benzene rings is 1. The molecule has 9 nitrogen and oxygen atoms in total. The number of nitrogen functional groups attached to an aromatic ring is 1. The van der Waals surface area contributed by atoms with E-state index in [0.29, 0.717) is 16.5 Å². The molecular formula is C17H14N6O3S. The summed E-state index contributed by atoms with van der Waals surface area (Å²) in [7, 11) is 0. The molecule has 1 atom stereocenters. The number of amides is 1. The van der Waals surface area contributed by atoms with Crippen LogP contribution in [0.4, 0.5) is 11.6 Å². The van der Waals surface area contributed by atoms with Crippen LogP contribution in [0.15, 0.2) is 51.1 Å². The number of primary amides is 1. The third kappa shape index (κ3) is 2.54. The first kappa shape index (κ1) is 16.8. The molecule has 1 aliphatic heterocycles. The summed E-state index contributed by atoms with van der Waals surface area (Å²) in [5.74, 6) is -1.40. The molecule has 1 unspecified atom stereocenters. The Morgan fingerprint density at radius 2 is 2.00 bits per heavy atom. The third-order valence-electron chi connectivity index (χ3n) is 4.40. The van der Waals surface area contributed by atoms with Gasteiger partial charge in [-0.1, -0.05) is 12.1 Å². The summed E-state index contributed by atoms with van der Waals surface area (Å²) in [6, 6.07) is 6.76. The molecule has 2 aromatic heterocycles. The van der Waals surface area contributed by atoms with Gasteiger partial charge in [0, 0.05) is 11.1 Å². The second kappa shape index (κ2) is 5.95. The van der Waals surface area contributed by atoms with Crippen LogP contribution in [0.2, 0.25) is 0 Å². The molecule has 0 radical (unpaired) electrons.